The highest BCUT2D eigenvalue weighted by Crippen LogP contribution is 2.16. The minimum atomic E-state index is -0.409. The standard InChI is InChI=1S/C17H12N2O2/c18-10-12-4-3-5-13(8-12)11-21-17(20)16-9-14-6-1-2-7-15(14)19-16/h1-9,19H,11H2. The molecule has 0 radical (unpaired) electrons. The number of carbonyl (C=O) groups is 1. The monoisotopic (exact) mass is 276 g/mol. The lowest BCUT2D eigenvalue weighted by atomic mass is 10.1. The molecule has 0 aliphatic rings. The topological polar surface area (TPSA) is 65.9 Å². The zero-order valence-electron chi connectivity index (χ0n) is 11.2. The summed E-state index contributed by atoms with van der Waals surface area (Å²) < 4.78 is 5.26. The summed E-state index contributed by atoms with van der Waals surface area (Å²) in [7, 11) is 0. The van der Waals surface area contributed by atoms with E-state index in [-0.39, 0.29) is 6.61 Å². The van der Waals surface area contributed by atoms with Crippen LogP contribution in [0.4, 0.5) is 0 Å². The number of nitrogens with zero attached hydrogens (tertiary/aromatic N) is 1. The van der Waals surface area contributed by atoms with Gasteiger partial charge in [0.2, 0.25) is 0 Å². The fraction of sp³-hybridized carbons (Fsp3) is 0.0588. The maximum Gasteiger partial charge on any atom is 0.355 e. The fourth-order valence-corrected chi connectivity index (χ4v) is 2.14. The average Bonchev–Trinajstić information content (AvgIpc) is 2.97. The van der Waals surface area contributed by atoms with Crippen LogP contribution in [0.25, 0.3) is 10.9 Å². The van der Waals surface area contributed by atoms with E-state index in [1.807, 2.05) is 30.3 Å². The van der Waals surface area contributed by atoms with Crippen LogP contribution in [-0.2, 0) is 11.3 Å². The third-order valence-corrected chi connectivity index (χ3v) is 3.18. The second kappa shape index (κ2) is 5.51. The van der Waals surface area contributed by atoms with Gasteiger partial charge in [0, 0.05) is 10.9 Å². The van der Waals surface area contributed by atoms with E-state index in [0.29, 0.717) is 11.3 Å². The average molecular weight is 276 g/mol. The van der Waals surface area contributed by atoms with Crippen LogP contribution in [0, 0.1) is 11.3 Å². The lowest BCUT2D eigenvalue weighted by molar-refractivity contribution is 0.0467. The van der Waals surface area contributed by atoms with Crippen LogP contribution >= 0.6 is 0 Å². The van der Waals surface area contributed by atoms with Crippen molar-refractivity contribution < 1.29 is 9.53 Å². The molecule has 4 heteroatoms. The normalized spacial score (nSPS) is 10.2. The number of H-pyrrole nitrogens is 1. The number of aromatic nitrogens is 1. The van der Waals surface area contributed by atoms with Gasteiger partial charge in [0.25, 0.3) is 0 Å². The first-order chi connectivity index (χ1) is 10.3. The Labute approximate surface area is 121 Å². The Morgan fingerprint density at radius 3 is 2.81 bits per heavy atom. The van der Waals surface area contributed by atoms with E-state index < -0.39 is 5.97 Å². The van der Waals surface area contributed by atoms with Gasteiger partial charge in [-0.3, -0.25) is 0 Å². The number of esters is 1. The van der Waals surface area contributed by atoms with Gasteiger partial charge in [-0.25, -0.2) is 4.79 Å². The smallest absolute Gasteiger partial charge is 0.355 e. The molecule has 0 aliphatic heterocycles. The molecule has 0 spiro atoms. The SMILES string of the molecule is N#Cc1cccc(COC(=O)c2cc3ccccc3[nH]2)c1. The second-order valence-electron chi connectivity index (χ2n) is 4.66. The van der Waals surface area contributed by atoms with Crippen molar-refractivity contribution in [3.63, 3.8) is 0 Å². The molecule has 102 valence electrons. The first-order valence-electron chi connectivity index (χ1n) is 6.50. The van der Waals surface area contributed by atoms with Gasteiger partial charge in [-0.15, -0.1) is 0 Å². The maximum absolute atomic E-state index is 12.0. The Bertz CT molecular complexity index is 810. The molecule has 0 saturated carbocycles. The van der Waals surface area contributed by atoms with Crippen LogP contribution in [-0.4, -0.2) is 11.0 Å². The van der Waals surface area contributed by atoms with Gasteiger partial charge in [-0.05, 0) is 29.8 Å². The van der Waals surface area contributed by atoms with Crippen LogP contribution in [0.5, 0.6) is 0 Å². The van der Waals surface area contributed by atoms with Gasteiger partial charge in [0.15, 0.2) is 0 Å². The molecule has 1 heterocycles. The van der Waals surface area contributed by atoms with Crippen LogP contribution in [0.1, 0.15) is 21.6 Å². The summed E-state index contributed by atoms with van der Waals surface area (Å²) in [5.74, 6) is -0.409. The molecule has 0 atom stereocenters. The molecule has 21 heavy (non-hydrogen) atoms. The van der Waals surface area contributed by atoms with Crippen molar-refractivity contribution in [2.24, 2.45) is 0 Å². The van der Waals surface area contributed by atoms with E-state index in [0.717, 1.165) is 16.5 Å². The third kappa shape index (κ3) is 2.77. The van der Waals surface area contributed by atoms with Gasteiger partial charge in [0.05, 0.1) is 11.6 Å². The lowest BCUT2D eigenvalue weighted by Gasteiger charge is -2.03. The fourth-order valence-electron chi connectivity index (χ4n) is 2.14. The number of nitrogens with one attached hydrogen (secondary N) is 1. The second-order valence-corrected chi connectivity index (χ2v) is 4.66. The summed E-state index contributed by atoms with van der Waals surface area (Å²) in [4.78, 5) is 15.1. The predicted molar refractivity (Wildman–Crippen MR) is 78.6 cm³/mol. The summed E-state index contributed by atoms with van der Waals surface area (Å²) in [6, 6.07) is 18.5. The Balaban J connectivity index is 1.72. The molecule has 1 aromatic heterocycles. The third-order valence-electron chi connectivity index (χ3n) is 3.18. The van der Waals surface area contributed by atoms with Crippen molar-refractivity contribution in [2.75, 3.05) is 0 Å². The molecule has 0 saturated heterocycles. The number of hydrogen-bond acceptors (Lipinski definition) is 3. The van der Waals surface area contributed by atoms with E-state index in [9.17, 15) is 4.79 Å². The number of benzene rings is 2. The van der Waals surface area contributed by atoms with E-state index in [1.165, 1.54) is 0 Å². The first-order valence-corrected chi connectivity index (χ1v) is 6.50. The first kappa shape index (κ1) is 12.9. The van der Waals surface area contributed by atoms with Gasteiger partial charge in [-0.2, -0.15) is 5.26 Å². The van der Waals surface area contributed by atoms with E-state index in [2.05, 4.69) is 11.1 Å². The van der Waals surface area contributed by atoms with Gasteiger partial charge < -0.3 is 9.72 Å². The molecule has 0 unspecified atom stereocenters. The molecule has 3 rings (SSSR count). The Morgan fingerprint density at radius 1 is 1.14 bits per heavy atom. The summed E-state index contributed by atoms with van der Waals surface area (Å²) in [5.41, 5.74) is 2.66. The van der Waals surface area contributed by atoms with Crippen LogP contribution < -0.4 is 0 Å². The highest BCUT2D eigenvalue weighted by atomic mass is 16.5. The van der Waals surface area contributed by atoms with Crippen LogP contribution in [0.2, 0.25) is 0 Å². The molecule has 4 nitrogen and oxygen atoms in total. The van der Waals surface area contributed by atoms with E-state index >= 15 is 0 Å². The number of ether oxygens (including phenoxy) is 1. The predicted octanol–water partition coefficient (Wildman–Crippen LogP) is 3.40. The minimum Gasteiger partial charge on any atom is -0.456 e. The molecular weight excluding hydrogens is 264 g/mol. The quantitative estimate of drug-likeness (QED) is 0.745. The van der Waals surface area contributed by atoms with Crippen molar-refractivity contribution in [1.29, 1.82) is 5.26 Å². The van der Waals surface area contributed by atoms with E-state index in [4.69, 9.17) is 10.00 Å². The maximum atomic E-state index is 12.0. The van der Waals surface area contributed by atoms with E-state index in [1.54, 1.807) is 24.3 Å². The highest BCUT2D eigenvalue weighted by Gasteiger charge is 2.10. The number of carbonyl (C=O) groups excluding carboxylic acids is 1. The molecular formula is C17H12N2O2. The molecule has 0 fully saturated rings. The van der Waals surface area contributed by atoms with Gasteiger partial charge in [0.1, 0.15) is 12.3 Å². The van der Waals surface area contributed by atoms with Gasteiger partial charge in [-0.1, -0.05) is 30.3 Å². The molecule has 0 amide bonds. The zero-order chi connectivity index (χ0) is 14.7. The summed E-state index contributed by atoms with van der Waals surface area (Å²) >= 11 is 0. The van der Waals surface area contributed by atoms with Crippen molar-refractivity contribution in [3.8, 4) is 6.07 Å². The van der Waals surface area contributed by atoms with Crippen LogP contribution in [0.3, 0.4) is 0 Å². The largest absolute Gasteiger partial charge is 0.456 e. The molecule has 3 aromatic rings. The Kier molecular flexibility index (Phi) is 3.40. The lowest BCUT2D eigenvalue weighted by Crippen LogP contribution is -2.05. The van der Waals surface area contributed by atoms with Crippen molar-refractivity contribution in [3.05, 3.63) is 71.4 Å². The summed E-state index contributed by atoms with van der Waals surface area (Å²) in [6.07, 6.45) is 0. The van der Waals surface area contributed by atoms with Crippen LogP contribution in [0.15, 0.2) is 54.6 Å². The zero-order valence-corrected chi connectivity index (χ0v) is 11.2. The van der Waals surface area contributed by atoms with Crippen molar-refractivity contribution in [2.45, 2.75) is 6.61 Å². The number of hydrogen-bond donors (Lipinski definition) is 1. The number of rotatable bonds is 3. The molecule has 0 bridgehead atoms. The Hall–Kier alpha value is -3.06. The summed E-state index contributed by atoms with van der Waals surface area (Å²) in [5, 5.41) is 9.80. The number of para-hydroxylation sites is 1. The van der Waals surface area contributed by atoms with Crippen molar-refractivity contribution in [1.82, 2.24) is 4.98 Å². The number of nitriles is 1. The molecule has 0 aliphatic carbocycles. The molecule has 2 aromatic carbocycles. The Morgan fingerprint density at radius 2 is 2.00 bits per heavy atom. The van der Waals surface area contributed by atoms with Gasteiger partial charge >= 0.3 is 5.97 Å². The summed E-state index contributed by atoms with van der Waals surface area (Å²) in [6.45, 7) is 0.143. The van der Waals surface area contributed by atoms with Crippen molar-refractivity contribution >= 4 is 16.9 Å². The minimum absolute atomic E-state index is 0.143. The number of aromatic amines is 1. The highest BCUT2D eigenvalue weighted by molar-refractivity contribution is 5.94. The molecule has 1 N–H and O–H groups in total. The number of fused-ring (bicyclic) bond motifs is 1.